The summed E-state index contributed by atoms with van der Waals surface area (Å²) in [4.78, 5) is 29.0. The van der Waals surface area contributed by atoms with Crippen LogP contribution in [0.2, 0.25) is 0 Å². The van der Waals surface area contributed by atoms with Crippen LogP contribution in [0.5, 0.6) is 0 Å². The standard InChI is InChI=1S/C28H30N2O2/c31-27(26(23-15-7-2-8-16-23)24-17-9-3-10-18-24)29-25(21-22-13-5-1-6-14-22)28(32)30-19-11-4-12-20-30/h1-3,5-10,13-18,25-26H,4,11-12,19-21H2,(H,29,31). The van der Waals surface area contributed by atoms with Crippen molar-refractivity contribution in [1.82, 2.24) is 10.2 Å². The van der Waals surface area contributed by atoms with Crippen LogP contribution < -0.4 is 5.32 Å². The number of hydrogen-bond acceptors (Lipinski definition) is 2. The molecule has 0 spiro atoms. The van der Waals surface area contributed by atoms with Gasteiger partial charge in [0.05, 0.1) is 5.92 Å². The molecular formula is C28H30N2O2. The Morgan fingerprint density at radius 3 is 1.75 bits per heavy atom. The summed E-state index contributed by atoms with van der Waals surface area (Å²) in [6.45, 7) is 1.53. The number of nitrogens with zero attached hydrogens (tertiary/aromatic N) is 1. The fraction of sp³-hybridized carbons (Fsp3) is 0.286. The summed E-state index contributed by atoms with van der Waals surface area (Å²) in [5.41, 5.74) is 2.87. The molecule has 4 nitrogen and oxygen atoms in total. The molecule has 3 aromatic rings. The van der Waals surface area contributed by atoms with Crippen molar-refractivity contribution >= 4 is 11.8 Å². The van der Waals surface area contributed by atoms with Gasteiger partial charge in [-0.15, -0.1) is 0 Å². The number of rotatable bonds is 7. The molecule has 1 aliphatic rings. The molecular weight excluding hydrogens is 396 g/mol. The fourth-order valence-corrected chi connectivity index (χ4v) is 4.43. The summed E-state index contributed by atoms with van der Waals surface area (Å²) in [7, 11) is 0. The summed E-state index contributed by atoms with van der Waals surface area (Å²) in [5, 5.41) is 3.13. The third-order valence-corrected chi connectivity index (χ3v) is 6.09. The van der Waals surface area contributed by atoms with Crippen molar-refractivity contribution in [3.8, 4) is 0 Å². The zero-order chi connectivity index (χ0) is 22.2. The highest BCUT2D eigenvalue weighted by molar-refractivity contribution is 5.92. The number of piperidine rings is 1. The Labute approximate surface area is 190 Å². The molecule has 1 unspecified atom stereocenters. The van der Waals surface area contributed by atoms with Crippen molar-refractivity contribution in [1.29, 1.82) is 0 Å². The monoisotopic (exact) mass is 426 g/mol. The van der Waals surface area contributed by atoms with Gasteiger partial charge in [0.2, 0.25) is 11.8 Å². The van der Waals surface area contributed by atoms with Gasteiger partial charge in [-0.3, -0.25) is 9.59 Å². The van der Waals surface area contributed by atoms with Crippen molar-refractivity contribution in [2.45, 2.75) is 37.6 Å². The van der Waals surface area contributed by atoms with Crippen LogP contribution in [0.4, 0.5) is 0 Å². The Morgan fingerprint density at radius 2 is 1.22 bits per heavy atom. The predicted molar refractivity (Wildman–Crippen MR) is 127 cm³/mol. The maximum atomic E-state index is 13.7. The van der Waals surface area contributed by atoms with E-state index in [0.29, 0.717) is 6.42 Å². The second-order valence-corrected chi connectivity index (χ2v) is 8.39. The van der Waals surface area contributed by atoms with Crippen LogP contribution in [0.15, 0.2) is 91.0 Å². The molecule has 32 heavy (non-hydrogen) atoms. The van der Waals surface area contributed by atoms with Crippen LogP contribution in [0, 0.1) is 0 Å². The lowest BCUT2D eigenvalue weighted by Gasteiger charge is -2.31. The highest BCUT2D eigenvalue weighted by atomic mass is 16.2. The van der Waals surface area contributed by atoms with Gasteiger partial charge in [-0.25, -0.2) is 0 Å². The average molecular weight is 427 g/mol. The molecule has 1 aliphatic heterocycles. The van der Waals surface area contributed by atoms with E-state index in [0.717, 1.165) is 49.0 Å². The van der Waals surface area contributed by atoms with Crippen molar-refractivity contribution in [3.05, 3.63) is 108 Å². The van der Waals surface area contributed by atoms with Gasteiger partial charge in [-0.2, -0.15) is 0 Å². The Kier molecular flexibility index (Phi) is 7.34. The van der Waals surface area contributed by atoms with Crippen molar-refractivity contribution in [3.63, 3.8) is 0 Å². The lowest BCUT2D eigenvalue weighted by molar-refractivity contribution is -0.137. The lowest BCUT2D eigenvalue weighted by Crippen LogP contribution is -2.52. The molecule has 4 rings (SSSR count). The SMILES string of the molecule is O=C(NC(Cc1ccccc1)C(=O)N1CCCCC1)C(c1ccccc1)c1ccccc1. The summed E-state index contributed by atoms with van der Waals surface area (Å²) in [6.07, 6.45) is 3.69. The molecule has 1 fully saturated rings. The van der Waals surface area contributed by atoms with Gasteiger partial charge in [0.15, 0.2) is 0 Å². The van der Waals surface area contributed by atoms with Crippen molar-refractivity contribution in [2.75, 3.05) is 13.1 Å². The molecule has 4 heteroatoms. The fourth-order valence-electron chi connectivity index (χ4n) is 4.43. The van der Waals surface area contributed by atoms with Gasteiger partial charge in [0.25, 0.3) is 0 Å². The van der Waals surface area contributed by atoms with Crippen molar-refractivity contribution in [2.24, 2.45) is 0 Å². The number of hydrogen-bond donors (Lipinski definition) is 1. The molecule has 0 bridgehead atoms. The summed E-state index contributed by atoms with van der Waals surface area (Å²) in [6, 6.07) is 28.9. The second kappa shape index (κ2) is 10.8. The van der Waals surface area contributed by atoms with Gasteiger partial charge < -0.3 is 10.2 Å². The predicted octanol–water partition coefficient (Wildman–Crippen LogP) is 4.56. The first-order chi connectivity index (χ1) is 15.7. The van der Waals surface area contributed by atoms with E-state index in [9.17, 15) is 9.59 Å². The lowest BCUT2D eigenvalue weighted by atomic mass is 9.90. The Hall–Kier alpha value is -3.40. The van der Waals surface area contributed by atoms with E-state index in [1.54, 1.807) is 0 Å². The number of benzene rings is 3. The summed E-state index contributed by atoms with van der Waals surface area (Å²) >= 11 is 0. The number of nitrogens with one attached hydrogen (secondary N) is 1. The molecule has 2 amide bonds. The molecule has 0 aromatic heterocycles. The number of amides is 2. The second-order valence-electron chi connectivity index (χ2n) is 8.39. The zero-order valence-electron chi connectivity index (χ0n) is 18.3. The van der Waals surface area contributed by atoms with Crippen LogP contribution in [0.3, 0.4) is 0 Å². The first kappa shape index (κ1) is 21.8. The molecule has 0 radical (unpaired) electrons. The van der Waals surface area contributed by atoms with E-state index in [1.165, 1.54) is 0 Å². The summed E-state index contributed by atoms with van der Waals surface area (Å²) < 4.78 is 0. The minimum atomic E-state index is -0.585. The van der Waals surface area contributed by atoms with E-state index in [2.05, 4.69) is 5.32 Å². The molecule has 1 N–H and O–H groups in total. The molecule has 1 atom stereocenters. The van der Waals surface area contributed by atoms with Crippen LogP contribution >= 0.6 is 0 Å². The first-order valence-corrected chi connectivity index (χ1v) is 11.5. The number of carbonyl (C=O) groups is 2. The largest absolute Gasteiger partial charge is 0.343 e. The van der Waals surface area contributed by atoms with E-state index in [4.69, 9.17) is 0 Å². The quantitative estimate of drug-likeness (QED) is 0.602. The van der Waals surface area contributed by atoms with Gasteiger partial charge >= 0.3 is 0 Å². The molecule has 3 aromatic carbocycles. The van der Waals surface area contributed by atoms with Crippen LogP contribution in [0.25, 0.3) is 0 Å². The van der Waals surface area contributed by atoms with E-state index in [1.807, 2.05) is 95.9 Å². The molecule has 1 saturated heterocycles. The minimum absolute atomic E-state index is 0.0155. The maximum absolute atomic E-state index is 13.7. The smallest absolute Gasteiger partial charge is 0.245 e. The van der Waals surface area contributed by atoms with Gasteiger partial charge in [-0.05, 0) is 36.0 Å². The highest BCUT2D eigenvalue weighted by Crippen LogP contribution is 2.25. The number of carbonyl (C=O) groups excluding carboxylic acids is 2. The molecule has 164 valence electrons. The van der Waals surface area contributed by atoms with Crippen LogP contribution in [-0.2, 0) is 16.0 Å². The third kappa shape index (κ3) is 5.44. The number of likely N-dealkylation sites (tertiary alicyclic amines) is 1. The minimum Gasteiger partial charge on any atom is -0.343 e. The molecule has 1 heterocycles. The average Bonchev–Trinajstić information content (AvgIpc) is 2.86. The van der Waals surface area contributed by atoms with Gasteiger partial charge in [0.1, 0.15) is 6.04 Å². The molecule has 0 saturated carbocycles. The van der Waals surface area contributed by atoms with Gasteiger partial charge in [0, 0.05) is 19.5 Å². The zero-order valence-corrected chi connectivity index (χ0v) is 18.3. The maximum Gasteiger partial charge on any atom is 0.245 e. The first-order valence-electron chi connectivity index (χ1n) is 11.5. The Balaban J connectivity index is 1.61. The van der Waals surface area contributed by atoms with Crippen LogP contribution in [0.1, 0.15) is 41.9 Å². The van der Waals surface area contributed by atoms with E-state index < -0.39 is 12.0 Å². The summed E-state index contributed by atoms with van der Waals surface area (Å²) in [5.74, 6) is -0.597. The van der Waals surface area contributed by atoms with Crippen molar-refractivity contribution < 1.29 is 9.59 Å². The van der Waals surface area contributed by atoms with E-state index in [-0.39, 0.29) is 11.8 Å². The Bertz CT molecular complexity index is 960. The van der Waals surface area contributed by atoms with Gasteiger partial charge in [-0.1, -0.05) is 91.0 Å². The van der Waals surface area contributed by atoms with Crippen LogP contribution in [-0.4, -0.2) is 35.8 Å². The molecule has 0 aliphatic carbocycles. The highest BCUT2D eigenvalue weighted by Gasteiger charge is 2.31. The van der Waals surface area contributed by atoms with E-state index >= 15 is 0 Å². The normalized spacial score (nSPS) is 14.7. The Morgan fingerprint density at radius 1 is 0.719 bits per heavy atom. The topological polar surface area (TPSA) is 49.4 Å². The third-order valence-electron chi connectivity index (χ3n) is 6.09.